The van der Waals surface area contributed by atoms with E-state index in [0.717, 1.165) is 24.2 Å². The van der Waals surface area contributed by atoms with Gasteiger partial charge in [-0.3, -0.25) is 0 Å². The topological polar surface area (TPSA) is 48.1 Å². The molecule has 1 saturated heterocycles. The molecule has 0 saturated carbocycles. The van der Waals surface area contributed by atoms with Gasteiger partial charge in [-0.05, 0) is 54.8 Å². The van der Waals surface area contributed by atoms with Crippen LogP contribution in [0.25, 0.3) is 0 Å². The highest BCUT2D eigenvalue weighted by Gasteiger charge is 2.44. The number of epoxide rings is 1. The van der Waals surface area contributed by atoms with Gasteiger partial charge in [-0.2, -0.15) is 0 Å². The molecule has 1 aliphatic heterocycles. The molecule has 1 heterocycles. The van der Waals surface area contributed by atoms with E-state index in [9.17, 15) is 4.79 Å². The predicted molar refractivity (Wildman–Crippen MR) is 152 cm³/mol. The van der Waals surface area contributed by atoms with Crippen molar-refractivity contribution in [3.63, 3.8) is 0 Å². The minimum atomic E-state index is -0.387. The van der Waals surface area contributed by atoms with E-state index >= 15 is 0 Å². The molecule has 0 N–H and O–H groups in total. The third-order valence-electron chi connectivity index (χ3n) is 7.02. The second-order valence-electron chi connectivity index (χ2n) is 10.2. The Morgan fingerprint density at radius 2 is 1.35 bits per heavy atom. The van der Waals surface area contributed by atoms with E-state index < -0.39 is 0 Å². The Labute approximate surface area is 229 Å². The number of alkyl halides is 1. The van der Waals surface area contributed by atoms with Crippen LogP contribution >= 0.6 is 11.6 Å². The normalized spacial score (nSPS) is 17.4. The molecular weight excluding hydrogens is 484 g/mol. The molecule has 1 aliphatic rings. The smallest absolute Gasteiger partial charge is 0.343 e. The summed E-state index contributed by atoms with van der Waals surface area (Å²) in [6.07, 6.45) is 16.6. The van der Waals surface area contributed by atoms with E-state index in [2.05, 4.69) is 13.8 Å². The Hall–Kier alpha value is -2.04. The van der Waals surface area contributed by atoms with Crippen molar-refractivity contribution in [2.75, 3.05) is 6.61 Å². The molecule has 1 fully saturated rings. The number of esters is 1. The molecule has 204 valence electrons. The summed E-state index contributed by atoms with van der Waals surface area (Å²) in [6, 6.07) is 14.6. The molecular formula is C32H45ClO4. The predicted octanol–water partition coefficient (Wildman–Crippen LogP) is 9.44. The summed E-state index contributed by atoms with van der Waals surface area (Å²) in [5.41, 5.74) is 1.47. The molecule has 3 atom stereocenters. The summed E-state index contributed by atoms with van der Waals surface area (Å²) in [7, 11) is 0. The van der Waals surface area contributed by atoms with Crippen molar-refractivity contribution >= 4 is 17.6 Å². The Bertz CT molecular complexity index is 896. The Morgan fingerprint density at radius 3 is 2.00 bits per heavy atom. The van der Waals surface area contributed by atoms with E-state index in [-0.39, 0.29) is 23.6 Å². The maximum absolute atomic E-state index is 12.6. The van der Waals surface area contributed by atoms with Gasteiger partial charge in [0.15, 0.2) is 0 Å². The second-order valence-corrected chi connectivity index (χ2v) is 10.7. The van der Waals surface area contributed by atoms with Crippen LogP contribution in [0.15, 0.2) is 48.5 Å². The molecule has 37 heavy (non-hydrogen) atoms. The number of halogens is 1. The summed E-state index contributed by atoms with van der Waals surface area (Å²) in [5, 5.41) is -0.195. The summed E-state index contributed by atoms with van der Waals surface area (Å²) >= 11 is 6.65. The van der Waals surface area contributed by atoms with Gasteiger partial charge >= 0.3 is 5.97 Å². The van der Waals surface area contributed by atoms with Gasteiger partial charge in [0.25, 0.3) is 0 Å². The van der Waals surface area contributed by atoms with Crippen molar-refractivity contribution in [3.05, 3.63) is 59.7 Å². The number of benzene rings is 2. The number of carbonyl (C=O) groups is 1. The van der Waals surface area contributed by atoms with Gasteiger partial charge < -0.3 is 14.2 Å². The molecule has 0 aromatic heterocycles. The average molecular weight is 529 g/mol. The first-order valence-electron chi connectivity index (χ1n) is 14.5. The summed E-state index contributed by atoms with van der Waals surface area (Å²) in [6.45, 7) is 5.18. The van der Waals surface area contributed by atoms with Crippen LogP contribution in [-0.2, 0) is 4.74 Å². The van der Waals surface area contributed by atoms with Crippen molar-refractivity contribution in [1.29, 1.82) is 0 Å². The average Bonchev–Trinajstić information content (AvgIpc) is 3.70. The molecule has 0 aliphatic carbocycles. The Morgan fingerprint density at radius 1 is 0.784 bits per heavy atom. The Balaban J connectivity index is 1.34. The first-order chi connectivity index (χ1) is 18.1. The van der Waals surface area contributed by atoms with Crippen LogP contribution < -0.4 is 9.47 Å². The van der Waals surface area contributed by atoms with Gasteiger partial charge in [-0.1, -0.05) is 96.6 Å². The fourth-order valence-corrected chi connectivity index (χ4v) is 4.97. The highest BCUT2D eigenvalue weighted by Crippen LogP contribution is 2.41. The lowest BCUT2D eigenvalue weighted by Gasteiger charge is -2.10. The van der Waals surface area contributed by atoms with Crippen LogP contribution in [0.2, 0.25) is 0 Å². The van der Waals surface area contributed by atoms with Crippen molar-refractivity contribution < 1.29 is 19.0 Å². The minimum absolute atomic E-state index is 0.0670. The quantitative estimate of drug-likeness (QED) is 0.0598. The largest absolute Gasteiger partial charge is 0.494 e. The molecule has 0 bridgehead atoms. The highest BCUT2D eigenvalue weighted by molar-refractivity contribution is 6.21. The lowest BCUT2D eigenvalue weighted by atomic mass is 10.0. The lowest BCUT2D eigenvalue weighted by molar-refractivity contribution is 0.0734. The maximum Gasteiger partial charge on any atom is 0.343 e. The molecule has 2 aromatic carbocycles. The standard InChI is InChI=1S/C32H45ClO4/c1-3-5-7-9-10-11-12-14-24-35-27-20-22-28(23-21-27)36-32(34)26-18-16-25(17-19-26)30(33)31-29(37-31)15-13-8-6-4-2/h16-23,29-31H,3-15,24H2,1-2H3/t29-,30?,31-/m0/s1. The van der Waals surface area contributed by atoms with Crippen molar-refractivity contribution in [3.8, 4) is 11.5 Å². The second kappa shape index (κ2) is 16.7. The molecule has 4 nitrogen and oxygen atoms in total. The zero-order chi connectivity index (χ0) is 26.3. The van der Waals surface area contributed by atoms with E-state index in [1.165, 1.54) is 70.6 Å². The molecule has 3 rings (SSSR count). The maximum atomic E-state index is 12.6. The Kier molecular flexibility index (Phi) is 13.3. The number of unbranched alkanes of at least 4 members (excludes halogenated alkanes) is 10. The van der Waals surface area contributed by atoms with Crippen molar-refractivity contribution in [2.24, 2.45) is 0 Å². The third kappa shape index (κ3) is 10.7. The molecule has 0 spiro atoms. The fraction of sp³-hybridized carbons (Fsp3) is 0.594. The highest BCUT2D eigenvalue weighted by atomic mass is 35.5. The summed E-state index contributed by atoms with van der Waals surface area (Å²) < 4.78 is 17.2. The van der Waals surface area contributed by atoms with Crippen LogP contribution in [0.3, 0.4) is 0 Å². The van der Waals surface area contributed by atoms with E-state index in [1.807, 2.05) is 24.3 Å². The first kappa shape index (κ1) is 29.5. The zero-order valence-corrected chi connectivity index (χ0v) is 23.5. The first-order valence-corrected chi connectivity index (χ1v) is 14.9. The van der Waals surface area contributed by atoms with Crippen LogP contribution in [0.1, 0.15) is 119 Å². The number of carbonyl (C=O) groups excluding carboxylic acids is 1. The van der Waals surface area contributed by atoms with E-state index in [4.69, 9.17) is 25.8 Å². The van der Waals surface area contributed by atoms with Gasteiger partial charge in [0, 0.05) is 0 Å². The summed E-state index contributed by atoms with van der Waals surface area (Å²) in [4.78, 5) is 12.6. The van der Waals surface area contributed by atoms with Crippen molar-refractivity contribution in [2.45, 2.75) is 115 Å². The zero-order valence-electron chi connectivity index (χ0n) is 22.8. The van der Waals surface area contributed by atoms with Gasteiger partial charge in [0.2, 0.25) is 0 Å². The van der Waals surface area contributed by atoms with Gasteiger partial charge in [0.05, 0.1) is 23.7 Å². The molecule has 2 aromatic rings. The van der Waals surface area contributed by atoms with Crippen LogP contribution in [0.5, 0.6) is 11.5 Å². The minimum Gasteiger partial charge on any atom is -0.494 e. The van der Waals surface area contributed by atoms with Crippen LogP contribution in [0.4, 0.5) is 0 Å². The van der Waals surface area contributed by atoms with Gasteiger partial charge in [-0.25, -0.2) is 4.79 Å². The molecule has 5 heteroatoms. The number of rotatable bonds is 19. The number of hydrogen-bond donors (Lipinski definition) is 0. The van der Waals surface area contributed by atoms with Gasteiger partial charge in [0.1, 0.15) is 17.6 Å². The van der Waals surface area contributed by atoms with Crippen molar-refractivity contribution in [1.82, 2.24) is 0 Å². The van der Waals surface area contributed by atoms with Crippen LogP contribution in [0, 0.1) is 0 Å². The lowest BCUT2D eigenvalue weighted by Crippen LogP contribution is -2.09. The van der Waals surface area contributed by atoms with E-state index in [0.29, 0.717) is 17.9 Å². The molecule has 1 unspecified atom stereocenters. The fourth-order valence-electron chi connectivity index (χ4n) is 4.61. The monoisotopic (exact) mass is 528 g/mol. The number of ether oxygens (including phenoxy) is 3. The SMILES string of the molecule is CCCCCCCCCCOc1ccc(OC(=O)c2ccc(C(Cl)[C@H]3O[C@H]3CCCCCC)cc2)cc1. The molecule has 0 radical (unpaired) electrons. The third-order valence-corrected chi connectivity index (χ3v) is 7.52. The number of hydrogen-bond acceptors (Lipinski definition) is 4. The summed E-state index contributed by atoms with van der Waals surface area (Å²) in [5.74, 6) is 0.911. The van der Waals surface area contributed by atoms with Crippen LogP contribution in [-0.4, -0.2) is 24.8 Å². The van der Waals surface area contributed by atoms with E-state index in [1.54, 1.807) is 24.3 Å². The van der Waals surface area contributed by atoms with Gasteiger partial charge in [-0.15, -0.1) is 11.6 Å². The molecule has 0 amide bonds.